The Kier molecular flexibility index (Phi) is 5.03. The van der Waals surface area contributed by atoms with E-state index in [1.54, 1.807) is 21.3 Å². The highest BCUT2D eigenvalue weighted by atomic mass is 16.2. The highest BCUT2D eigenvalue weighted by molar-refractivity contribution is 5.97. The molecule has 2 aromatic carbocycles. The van der Waals surface area contributed by atoms with Crippen LogP contribution in [0.4, 0.5) is 0 Å². The number of hydrogen-bond donors (Lipinski definition) is 0. The Hall–Kier alpha value is -3.45. The smallest absolute Gasteiger partial charge is 0.277 e. The number of hydrogen-bond acceptors (Lipinski definition) is 4. The summed E-state index contributed by atoms with van der Waals surface area (Å²) in [6.07, 6.45) is 1.63. The summed E-state index contributed by atoms with van der Waals surface area (Å²) in [6, 6.07) is 17.2. The van der Waals surface area contributed by atoms with E-state index in [0.29, 0.717) is 23.1 Å². The molecule has 1 saturated heterocycles. The maximum atomic E-state index is 13.3. The Morgan fingerprint density at radius 1 is 0.935 bits per heavy atom. The average Bonchev–Trinajstić information content (AvgIpc) is 3.32. The van der Waals surface area contributed by atoms with E-state index in [2.05, 4.69) is 16.9 Å². The van der Waals surface area contributed by atoms with Crippen molar-refractivity contribution in [3.63, 3.8) is 0 Å². The van der Waals surface area contributed by atoms with Crippen LogP contribution < -0.4 is 5.56 Å². The molecule has 1 amide bonds. The van der Waals surface area contributed by atoms with E-state index >= 15 is 0 Å². The van der Waals surface area contributed by atoms with Gasteiger partial charge in [0, 0.05) is 31.7 Å². The molecule has 7 heteroatoms. The van der Waals surface area contributed by atoms with Crippen LogP contribution >= 0.6 is 0 Å². The van der Waals surface area contributed by atoms with Gasteiger partial charge in [-0.1, -0.05) is 37.3 Å². The van der Waals surface area contributed by atoms with Crippen LogP contribution in [0, 0.1) is 0 Å². The van der Waals surface area contributed by atoms with Crippen LogP contribution in [0.25, 0.3) is 16.6 Å². The van der Waals surface area contributed by atoms with Gasteiger partial charge >= 0.3 is 0 Å². The second kappa shape index (κ2) is 8.00. The molecule has 158 valence electrons. The summed E-state index contributed by atoms with van der Waals surface area (Å²) >= 11 is 0. The van der Waals surface area contributed by atoms with Gasteiger partial charge in [0.25, 0.3) is 11.5 Å². The number of rotatable bonds is 4. The molecule has 1 fully saturated rings. The zero-order valence-corrected chi connectivity index (χ0v) is 17.6. The van der Waals surface area contributed by atoms with Crippen molar-refractivity contribution >= 4 is 22.5 Å². The lowest BCUT2D eigenvalue weighted by Gasteiger charge is -2.34. The summed E-state index contributed by atoms with van der Waals surface area (Å²) in [6.45, 7) is 6.81. The van der Waals surface area contributed by atoms with Gasteiger partial charge in [0.1, 0.15) is 5.52 Å². The molecule has 7 nitrogen and oxygen atoms in total. The van der Waals surface area contributed by atoms with Gasteiger partial charge in [-0.2, -0.15) is 5.10 Å². The third kappa shape index (κ3) is 3.51. The van der Waals surface area contributed by atoms with Crippen LogP contribution in [0.3, 0.4) is 0 Å². The van der Waals surface area contributed by atoms with Crippen LogP contribution in [0.15, 0.2) is 65.6 Å². The summed E-state index contributed by atoms with van der Waals surface area (Å²) in [5.41, 5.74) is 3.56. The number of likely N-dealkylation sites (N-methyl/N-ethyl adjacent to an activating group) is 1. The molecule has 0 radical (unpaired) electrons. The first kappa shape index (κ1) is 19.5. The van der Waals surface area contributed by atoms with E-state index in [-0.39, 0.29) is 11.5 Å². The molecule has 4 aromatic rings. The van der Waals surface area contributed by atoms with Gasteiger partial charge in [0.15, 0.2) is 0 Å². The van der Waals surface area contributed by atoms with Crippen molar-refractivity contribution in [1.82, 2.24) is 24.0 Å². The fourth-order valence-corrected chi connectivity index (χ4v) is 4.33. The monoisotopic (exact) mass is 415 g/mol. The average molecular weight is 415 g/mol. The molecule has 0 spiro atoms. The van der Waals surface area contributed by atoms with Gasteiger partial charge in [0.2, 0.25) is 0 Å². The van der Waals surface area contributed by atoms with E-state index in [9.17, 15) is 9.59 Å². The maximum Gasteiger partial charge on any atom is 0.277 e. The number of carbonyl (C=O) groups excluding carboxylic acids is 1. The Morgan fingerprint density at radius 2 is 1.71 bits per heavy atom. The van der Waals surface area contributed by atoms with Gasteiger partial charge in [0.05, 0.1) is 23.8 Å². The normalized spacial score (nSPS) is 15.1. The van der Waals surface area contributed by atoms with Gasteiger partial charge in [-0.3, -0.25) is 9.59 Å². The molecule has 0 bridgehead atoms. The lowest BCUT2D eigenvalue weighted by molar-refractivity contribution is 0.0643. The van der Waals surface area contributed by atoms with E-state index in [1.165, 1.54) is 0 Å². The quantitative estimate of drug-likeness (QED) is 0.514. The topological polar surface area (TPSA) is 62.8 Å². The molecule has 0 unspecified atom stereocenters. The van der Waals surface area contributed by atoms with Gasteiger partial charge in [-0.05, 0) is 36.4 Å². The van der Waals surface area contributed by atoms with Crippen molar-refractivity contribution in [1.29, 1.82) is 0 Å². The van der Waals surface area contributed by atoms with Crippen LogP contribution in [-0.4, -0.2) is 62.6 Å². The Morgan fingerprint density at radius 3 is 2.45 bits per heavy atom. The minimum Gasteiger partial charge on any atom is -0.336 e. The second-order valence-corrected chi connectivity index (χ2v) is 7.94. The lowest BCUT2D eigenvalue weighted by atomic mass is 10.1. The SMILES string of the molecule is CCN1CCN(C(=O)c2ccc3c(c2)n(Cc2ccccc2)c(=O)c2ccnn23)CC1. The lowest BCUT2D eigenvalue weighted by Crippen LogP contribution is -2.48. The first-order valence-corrected chi connectivity index (χ1v) is 10.7. The third-order valence-corrected chi connectivity index (χ3v) is 6.14. The number of nitrogens with zero attached hydrogens (tertiary/aromatic N) is 5. The number of amides is 1. The van der Waals surface area contributed by atoms with Crippen molar-refractivity contribution in [2.24, 2.45) is 0 Å². The zero-order valence-electron chi connectivity index (χ0n) is 17.6. The van der Waals surface area contributed by atoms with E-state index in [0.717, 1.165) is 43.8 Å². The molecular weight excluding hydrogens is 390 g/mol. The largest absolute Gasteiger partial charge is 0.336 e. The van der Waals surface area contributed by atoms with Crippen LogP contribution in [0.5, 0.6) is 0 Å². The second-order valence-electron chi connectivity index (χ2n) is 7.94. The summed E-state index contributed by atoms with van der Waals surface area (Å²) in [5.74, 6) is 0.0110. The van der Waals surface area contributed by atoms with Gasteiger partial charge < -0.3 is 14.4 Å². The molecule has 1 aliphatic heterocycles. The molecule has 0 N–H and O–H groups in total. The third-order valence-electron chi connectivity index (χ3n) is 6.14. The highest BCUT2D eigenvalue weighted by Gasteiger charge is 2.22. The molecule has 5 rings (SSSR count). The van der Waals surface area contributed by atoms with Crippen molar-refractivity contribution in [2.75, 3.05) is 32.7 Å². The van der Waals surface area contributed by atoms with Gasteiger partial charge in [-0.25, -0.2) is 4.52 Å². The van der Waals surface area contributed by atoms with Crippen LogP contribution in [0.1, 0.15) is 22.8 Å². The number of benzene rings is 2. The van der Waals surface area contributed by atoms with Crippen molar-refractivity contribution < 1.29 is 4.79 Å². The molecule has 3 heterocycles. The Balaban J connectivity index is 1.60. The number of fused-ring (bicyclic) bond motifs is 3. The minimum absolute atomic E-state index is 0.0110. The van der Waals surface area contributed by atoms with Crippen LogP contribution in [0.2, 0.25) is 0 Å². The maximum absolute atomic E-state index is 13.3. The fourth-order valence-electron chi connectivity index (χ4n) is 4.33. The molecule has 31 heavy (non-hydrogen) atoms. The predicted molar refractivity (Wildman–Crippen MR) is 121 cm³/mol. The van der Waals surface area contributed by atoms with Crippen LogP contribution in [-0.2, 0) is 6.54 Å². The number of aromatic nitrogens is 3. The minimum atomic E-state index is -0.116. The molecule has 0 atom stereocenters. The van der Waals surface area contributed by atoms with Gasteiger partial charge in [-0.15, -0.1) is 0 Å². The number of carbonyl (C=O) groups is 1. The van der Waals surface area contributed by atoms with Crippen molar-refractivity contribution in [2.45, 2.75) is 13.5 Å². The molecular formula is C24H25N5O2. The summed E-state index contributed by atoms with van der Waals surface area (Å²) in [7, 11) is 0. The summed E-state index contributed by atoms with van der Waals surface area (Å²) in [4.78, 5) is 30.7. The van der Waals surface area contributed by atoms with Crippen molar-refractivity contribution in [3.05, 3.63) is 82.3 Å². The molecule has 0 aliphatic carbocycles. The summed E-state index contributed by atoms with van der Waals surface area (Å²) < 4.78 is 3.40. The standard InChI is InChI=1S/C24H25N5O2/c1-2-26-12-14-27(15-13-26)23(30)19-8-9-20-22(16-19)28(17-18-6-4-3-5-7-18)24(31)21-10-11-25-29(20)21/h3-11,16H,2,12-15,17H2,1H3. The Labute approximate surface area is 180 Å². The van der Waals surface area contributed by atoms with E-state index < -0.39 is 0 Å². The molecule has 2 aromatic heterocycles. The fraction of sp³-hybridized carbons (Fsp3) is 0.292. The highest BCUT2D eigenvalue weighted by Crippen LogP contribution is 2.19. The summed E-state index contributed by atoms with van der Waals surface area (Å²) in [5, 5.41) is 4.34. The Bertz CT molecular complexity index is 1300. The molecule has 1 aliphatic rings. The van der Waals surface area contributed by atoms with E-state index in [4.69, 9.17) is 0 Å². The van der Waals surface area contributed by atoms with E-state index in [1.807, 2.05) is 53.4 Å². The number of piperazine rings is 1. The predicted octanol–water partition coefficient (Wildman–Crippen LogP) is 2.48. The first-order chi connectivity index (χ1) is 15.2. The van der Waals surface area contributed by atoms with Crippen molar-refractivity contribution in [3.8, 4) is 0 Å². The molecule has 0 saturated carbocycles. The zero-order chi connectivity index (χ0) is 21.4. The first-order valence-electron chi connectivity index (χ1n) is 10.7.